The van der Waals surface area contributed by atoms with E-state index in [1.165, 1.54) is 0 Å². The molecule has 0 fully saturated rings. The molecule has 0 spiro atoms. The normalized spacial score (nSPS) is 11.7. The van der Waals surface area contributed by atoms with Crippen molar-refractivity contribution in [3.63, 3.8) is 0 Å². The lowest BCUT2D eigenvalue weighted by molar-refractivity contribution is 0.199. The molecule has 2 amide bonds. The first-order chi connectivity index (χ1) is 9.15. The van der Waals surface area contributed by atoms with Crippen molar-refractivity contribution >= 4 is 17.4 Å². The van der Waals surface area contributed by atoms with Crippen LogP contribution in [0.4, 0.5) is 16.2 Å². The number of anilines is 2. The van der Waals surface area contributed by atoms with E-state index in [2.05, 4.69) is 15.6 Å². The van der Waals surface area contributed by atoms with Gasteiger partial charge in [-0.2, -0.15) is 0 Å². The Hall–Kier alpha value is -2.40. The lowest BCUT2D eigenvalue weighted by Gasteiger charge is -2.10. The minimum Gasteiger partial charge on any atom is -0.389 e. The molecular weight excluding hydrogens is 242 g/mol. The Morgan fingerprint density at radius 1 is 1.21 bits per heavy atom. The fourth-order valence-electron chi connectivity index (χ4n) is 1.61. The molecule has 1 aromatic heterocycles. The number of amides is 2. The van der Waals surface area contributed by atoms with E-state index in [4.69, 9.17) is 0 Å². The highest BCUT2D eigenvalue weighted by atomic mass is 16.3. The maximum atomic E-state index is 11.8. The van der Waals surface area contributed by atoms with Crippen molar-refractivity contribution in [2.75, 3.05) is 10.6 Å². The number of carbonyl (C=O) groups excluding carboxylic acids is 1. The molecule has 1 heterocycles. The van der Waals surface area contributed by atoms with Gasteiger partial charge in [0, 0.05) is 11.9 Å². The maximum Gasteiger partial charge on any atom is 0.323 e. The molecule has 5 heteroatoms. The summed E-state index contributed by atoms with van der Waals surface area (Å²) in [6.07, 6.45) is 2.63. The van der Waals surface area contributed by atoms with E-state index in [9.17, 15) is 9.90 Å². The number of nitrogens with one attached hydrogen (secondary N) is 2. The molecular formula is C14H15N3O2. The largest absolute Gasteiger partial charge is 0.389 e. The van der Waals surface area contributed by atoms with Crippen LogP contribution in [0.15, 0.2) is 48.8 Å². The molecule has 0 saturated carbocycles. The summed E-state index contributed by atoms with van der Waals surface area (Å²) in [5.41, 5.74) is 1.99. The zero-order valence-electron chi connectivity index (χ0n) is 10.5. The average molecular weight is 257 g/mol. The summed E-state index contributed by atoms with van der Waals surface area (Å²) in [6, 6.07) is 10.2. The van der Waals surface area contributed by atoms with Crippen LogP contribution in [-0.4, -0.2) is 16.1 Å². The molecule has 1 unspecified atom stereocenters. The quantitative estimate of drug-likeness (QED) is 0.791. The minimum absolute atomic E-state index is 0.351. The van der Waals surface area contributed by atoms with Crippen molar-refractivity contribution in [2.45, 2.75) is 13.0 Å². The van der Waals surface area contributed by atoms with Gasteiger partial charge >= 0.3 is 6.03 Å². The van der Waals surface area contributed by atoms with Crippen LogP contribution >= 0.6 is 0 Å². The van der Waals surface area contributed by atoms with Gasteiger partial charge in [-0.3, -0.25) is 4.98 Å². The van der Waals surface area contributed by atoms with Gasteiger partial charge in [0.15, 0.2) is 0 Å². The molecule has 0 aliphatic carbocycles. The summed E-state index contributed by atoms with van der Waals surface area (Å²) < 4.78 is 0. The van der Waals surface area contributed by atoms with E-state index in [-0.39, 0.29) is 6.03 Å². The number of hydrogen-bond acceptors (Lipinski definition) is 3. The van der Waals surface area contributed by atoms with Crippen LogP contribution in [0, 0.1) is 0 Å². The molecule has 0 radical (unpaired) electrons. The van der Waals surface area contributed by atoms with E-state index in [0.29, 0.717) is 11.4 Å². The average Bonchev–Trinajstić information content (AvgIpc) is 2.40. The number of pyridine rings is 1. The van der Waals surface area contributed by atoms with Crippen LogP contribution in [0.2, 0.25) is 0 Å². The first kappa shape index (κ1) is 13.0. The number of benzene rings is 1. The van der Waals surface area contributed by atoms with E-state index < -0.39 is 6.10 Å². The molecule has 2 aromatic rings. The molecule has 0 aliphatic rings. The van der Waals surface area contributed by atoms with Crippen LogP contribution in [0.3, 0.4) is 0 Å². The van der Waals surface area contributed by atoms with Gasteiger partial charge in [0.2, 0.25) is 0 Å². The molecule has 1 atom stereocenters. The summed E-state index contributed by atoms with van der Waals surface area (Å²) in [7, 11) is 0. The molecule has 0 saturated heterocycles. The van der Waals surface area contributed by atoms with E-state index in [1.807, 2.05) is 0 Å². The standard InChI is InChI=1S/C14H15N3O2/c1-10(18)11-4-2-5-12(8-11)16-14(19)17-13-6-3-7-15-9-13/h2-10,18H,1H3,(H2,16,17,19). The maximum absolute atomic E-state index is 11.8. The van der Waals surface area contributed by atoms with Crippen molar-refractivity contribution in [1.29, 1.82) is 0 Å². The van der Waals surface area contributed by atoms with Crippen molar-refractivity contribution < 1.29 is 9.90 Å². The molecule has 0 bridgehead atoms. The second-order valence-corrected chi connectivity index (χ2v) is 4.12. The fourth-order valence-corrected chi connectivity index (χ4v) is 1.61. The van der Waals surface area contributed by atoms with Crippen molar-refractivity contribution in [3.05, 3.63) is 54.4 Å². The lowest BCUT2D eigenvalue weighted by Crippen LogP contribution is -2.19. The van der Waals surface area contributed by atoms with E-state index in [0.717, 1.165) is 5.56 Å². The van der Waals surface area contributed by atoms with Gasteiger partial charge < -0.3 is 15.7 Å². The molecule has 1 aromatic carbocycles. The third-order valence-corrected chi connectivity index (χ3v) is 2.55. The monoisotopic (exact) mass is 257 g/mol. The highest BCUT2D eigenvalue weighted by Crippen LogP contribution is 2.17. The van der Waals surface area contributed by atoms with Crippen LogP contribution in [-0.2, 0) is 0 Å². The second kappa shape index (κ2) is 5.97. The molecule has 98 valence electrons. The zero-order valence-corrected chi connectivity index (χ0v) is 10.5. The van der Waals surface area contributed by atoms with Crippen molar-refractivity contribution in [3.8, 4) is 0 Å². The minimum atomic E-state index is -0.567. The van der Waals surface area contributed by atoms with Gasteiger partial charge in [-0.05, 0) is 36.8 Å². The smallest absolute Gasteiger partial charge is 0.323 e. The predicted molar refractivity (Wildman–Crippen MR) is 74.0 cm³/mol. The third kappa shape index (κ3) is 3.79. The number of nitrogens with zero attached hydrogens (tertiary/aromatic N) is 1. The van der Waals surface area contributed by atoms with Gasteiger partial charge in [0.05, 0.1) is 18.0 Å². The van der Waals surface area contributed by atoms with Crippen LogP contribution in [0.25, 0.3) is 0 Å². The predicted octanol–water partition coefficient (Wildman–Crippen LogP) is 2.78. The summed E-state index contributed by atoms with van der Waals surface area (Å²) >= 11 is 0. The number of carbonyl (C=O) groups is 1. The zero-order chi connectivity index (χ0) is 13.7. The Balaban J connectivity index is 2.01. The fraction of sp³-hybridized carbons (Fsp3) is 0.143. The number of aliphatic hydroxyl groups is 1. The third-order valence-electron chi connectivity index (χ3n) is 2.55. The van der Waals surface area contributed by atoms with Crippen LogP contribution in [0.1, 0.15) is 18.6 Å². The highest BCUT2D eigenvalue weighted by molar-refractivity contribution is 5.99. The highest BCUT2D eigenvalue weighted by Gasteiger charge is 2.05. The Labute approximate surface area is 111 Å². The van der Waals surface area contributed by atoms with Crippen LogP contribution in [0.5, 0.6) is 0 Å². The number of urea groups is 1. The van der Waals surface area contributed by atoms with Gasteiger partial charge in [-0.15, -0.1) is 0 Å². The second-order valence-electron chi connectivity index (χ2n) is 4.12. The number of hydrogen-bond donors (Lipinski definition) is 3. The van der Waals surface area contributed by atoms with E-state index >= 15 is 0 Å². The summed E-state index contributed by atoms with van der Waals surface area (Å²) in [6.45, 7) is 1.68. The number of aliphatic hydroxyl groups excluding tert-OH is 1. The Bertz CT molecular complexity index is 556. The number of rotatable bonds is 3. The Morgan fingerprint density at radius 2 is 1.95 bits per heavy atom. The van der Waals surface area contributed by atoms with Gasteiger partial charge in [0.25, 0.3) is 0 Å². The topological polar surface area (TPSA) is 74.2 Å². The van der Waals surface area contributed by atoms with Gasteiger partial charge in [0.1, 0.15) is 0 Å². The first-order valence-corrected chi connectivity index (χ1v) is 5.91. The number of aromatic nitrogens is 1. The Kier molecular flexibility index (Phi) is 4.10. The summed E-state index contributed by atoms with van der Waals surface area (Å²) in [5, 5.41) is 14.8. The van der Waals surface area contributed by atoms with Gasteiger partial charge in [-0.1, -0.05) is 12.1 Å². The van der Waals surface area contributed by atoms with Crippen molar-refractivity contribution in [2.24, 2.45) is 0 Å². The molecule has 19 heavy (non-hydrogen) atoms. The lowest BCUT2D eigenvalue weighted by atomic mass is 10.1. The molecule has 3 N–H and O–H groups in total. The summed E-state index contributed by atoms with van der Waals surface area (Å²) in [4.78, 5) is 15.7. The van der Waals surface area contributed by atoms with E-state index in [1.54, 1.807) is 55.7 Å². The molecule has 5 nitrogen and oxygen atoms in total. The Morgan fingerprint density at radius 3 is 2.63 bits per heavy atom. The van der Waals surface area contributed by atoms with Crippen LogP contribution < -0.4 is 10.6 Å². The molecule has 0 aliphatic heterocycles. The first-order valence-electron chi connectivity index (χ1n) is 5.91. The SMILES string of the molecule is CC(O)c1cccc(NC(=O)Nc2cccnc2)c1. The van der Waals surface area contributed by atoms with Crippen molar-refractivity contribution in [1.82, 2.24) is 4.98 Å². The van der Waals surface area contributed by atoms with Gasteiger partial charge in [-0.25, -0.2) is 4.79 Å². The molecule has 2 rings (SSSR count). The summed E-state index contributed by atoms with van der Waals surface area (Å²) in [5.74, 6) is 0.